The number of aryl methyl sites for hydroxylation is 1. The molecule has 0 saturated heterocycles. The van der Waals surface area contributed by atoms with Crippen LogP contribution in [0.3, 0.4) is 0 Å². The van der Waals surface area contributed by atoms with Gasteiger partial charge in [-0.3, -0.25) is 4.99 Å². The van der Waals surface area contributed by atoms with Crippen LogP contribution < -0.4 is 5.73 Å². The zero-order valence-corrected chi connectivity index (χ0v) is 11.7. The average Bonchev–Trinajstić information content (AvgIpc) is 2.99. The Labute approximate surface area is 117 Å². The van der Waals surface area contributed by atoms with Crippen LogP contribution in [0.1, 0.15) is 22.0 Å². The third kappa shape index (κ3) is 2.49. The second-order valence-corrected chi connectivity index (χ2v) is 5.93. The number of hydrogen-bond donors (Lipinski definition) is 1. The Balaban J connectivity index is 1.83. The fraction of sp³-hybridized carbons (Fsp3) is 0.267. The van der Waals surface area contributed by atoms with E-state index in [0.29, 0.717) is 5.96 Å². The molecule has 1 atom stereocenters. The molecular weight excluding hydrogens is 254 g/mol. The van der Waals surface area contributed by atoms with Gasteiger partial charge in [0.15, 0.2) is 5.96 Å². The van der Waals surface area contributed by atoms with Crippen LogP contribution >= 0.6 is 11.3 Å². The van der Waals surface area contributed by atoms with E-state index in [9.17, 15) is 0 Å². The van der Waals surface area contributed by atoms with Gasteiger partial charge in [-0.15, -0.1) is 11.3 Å². The molecule has 0 bridgehead atoms. The van der Waals surface area contributed by atoms with E-state index in [0.717, 1.165) is 13.1 Å². The quantitative estimate of drug-likeness (QED) is 0.932. The van der Waals surface area contributed by atoms with E-state index in [2.05, 4.69) is 52.5 Å². The Bertz CT molecular complexity index is 588. The highest BCUT2D eigenvalue weighted by atomic mass is 32.1. The van der Waals surface area contributed by atoms with Gasteiger partial charge in [-0.1, -0.05) is 30.3 Å². The lowest BCUT2D eigenvalue weighted by Crippen LogP contribution is -2.35. The van der Waals surface area contributed by atoms with Gasteiger partial charge >= 0.3 is 0 Å². The van der Waals surface area contributed by atoms with Crippen LogP contribution in [0, 0.1) is 6.92 Å². The first-order chi connectivity index (χ1) is 9.24. The predicted molar refractivity (Wildman–Crippen MR) is 80.3 cm³/mol. The predicted octanol–water partition coefficient (Wildman–Crippen LogP) is 2.93. The van der Waals surface area contributed by atoms with Crippen molar-refractivity contribution in [3.8, 4) is 0 Å². The summed E-state index contributed by atoms with van der Waals surface area (Å²) < 4.78 is 0. The number of guanidine groups is 1. The molecule has 3 rings (SSSR count). The Morgan fingerprint density at radius 1 is 1.37 bits per heavy atom. The molecular formula is C15H17N3S. The van der Waals surface area contributed by atoms with Gasteiger partial charge < -0.3 is 10.6 Å². The van der Waals surface area contributed by atoms with Crippen molar-refractivity contribution in [2.75, 3.05) is 6.54 Å². The molecule has 0 saturated carbocycles. The van der Waals surface area contributed by atoms with E-state index in [1.807, 2.05) is 6.07 Å². The fourth-order valence-electron chi connectivity index (χ4n) is 2.42. The van der Waals surface area contributed by atoms with Crippen molar-refractivity contribution in [1.29, 1.82) is 0 Å². The van der Waals surface area contributed by atoms with Crippen LogP contribution in [0.15, 0.2) is 46.8 Å². The number of thiophene rings is 1. The monoisotopic (exact) mass is 271 g/mol. The minimum absolute atomic E-state index is 0.283. The van der Waals surface area contributed by atoms with Crippen LogP contribution in [0.4, 0.5) is 0 Å². The molecule has 0 radical (unpaired) electrons. The van der Waals surface area contributed by atoms with Crippen LogP contribution in [0.2, 0.25) is 0 Å². The van der Waals surface area contributed by atoms with E-state index < -0.39 is 0 Å². The summed E-state index contributed by atoms with van der Waals surface area (Å²) in [5, 5.41) is 2.21. The molecule has 19 heavy (non-hydrogen) atoms. The normalized spacial score (nSPS) is 18.7. The smallest absolute Gasteiger partial charge is 0.192 e. The highest BCUT2D eigenvalue weighted by Crippen LogP contribution is 2.30. The lowest BCUT2D eigenvalue weighted by molar-refractivity contribution is 0.341. The summed E-state index contributed by atoms with van der Waals surface area (Å²) in [5.74, 6) is 0.651. The summed E-state index contributed by atoms with van der Waals surface area (Å²) in [6.07, 6.45) is 0. The molecule has 2 heterocycles. The maximum Gasteiger partial charge on any atom is 0.192 e. The summed E-state index contributed by atoms with van der Waals surface area (Å²) in [6, 6.07) is 12.9. The van der Waals surface area contributed by atoms with Gasteiger partial charge in [0.2, 0.25) is 0 Å². The number of nitrogens with zero attached hydrogens (tertiary/aromatic N) is 2. The van der Waals surface area contributed by atoms with Crippen molar-refractivity contribution in [2.24, 2.45) is 10.7 Å². The Morgan fingerprint density at radius 3 is 2.84 bits per heavy atom. The van der Waals surface area contributed by atoms with Gasteiger partial charge in [0.25, 0.3) is 0 Å². The van der Waals surface area contributed by atoms with Crippen molar-refractivity contribution in [3.63, 3.8) is 0 Å². The second-order valence-electron chi connectivity index (χ2n) is 4.82. The van der Waals surface area contributed by atoms with Crippen LogP contribution in [-0.2, 0) is 6.54 Å². The first-order valence-electron chi connectivity index (χ1n) is 6.39. The SMILES string of the molecule is Cc1cc(C2CN=C(N)N2Cc2ccccc2)cs1. The topological polar surface area (TPSA) is 41.6 Å². The van der Waals surface area contributed by atoms with Gasteiger partial charge in [0.05, 0.1) is 12.6 Å². The van der Waals surface area contributed by atoms with Crippen molar-refractivity contribution in [2.45, 2.75) is 19.5 Å². The number of nitrogens with two attached hydrogens (primary N) is 1. The minimum Gasteiger partial charge on any atom is -0.370 e. The van der Waals surface area contributed by atoms with Gasteiger partial charge in [0.1, 0.15) is 0 Å². The molecule has 2 N–H and O–H groups in total. The number of aliphatic imine (C=N–C) groups is 1. The number of hydrogen-bond acceptors (Lipinski definition) is 4. The van der Waals surface area contributed by atoms with Crippen LogP contribution in [-0.4, -0.2) is 17.4 Å². The third-order valence-electron chi connectivity index (χ3n) is 3.43. The van der Waals surface area contributed by atoms with Crippen molar-refractivity contribution in [3.05, 3.63) is 57.8 Å². The third-order valence-corrected chi connectivity index (χ3v) is 4.31. The summed E-state index contributed by atoms with van der Waals surface area (Å²) >= 11 is 1.78. The zero-order valence-electron chi connectivity index (χ0n) is 10.9. The summed E-state index contributed by atoms with van der Waals surface area (Å²) in [7, 11) is 0. The van der Waals surface area contributed by atoms with E-state index in [1.165, 1.54) is 16.0 Å². The Kier molecular flexibility index (Phi) is 3.25. The van der Waals surface area contributed by atoms with E-state index >= 15 is 0 Å². The molecule has 3 nitrogen and oxygen atoms in total. The molecule has 0 aliphatic carbocycles. The highest BCUT2D eigenvalue weighted by molar-refractivity contribution is 7.10. The molecule has 1 unspecified atom stereocenters. The maximum atomic E-state index is 6.04. The minimum atomic E-state index is 0.283. The first kappa shape index (κ1) is 12.2. The largest absolute Gasteiger partial charge is 0.370 e. The molecule has 4 heteroatoms. The first-order valence-corrected chi connectivity index (χ1v) is 7.27. The standard InChI is InChI=1S/C15H17N3S/c1-11-7-13(10-19-11)14-8-17-15(16)18(14)9-12-5-3-2-4-6-12/h2-7,10,14H,8-9H2,1H3,(H2,16,17). The van der Waals surface area contributed by atoms with Crippen molar-refractivity contribution < 1.29 is 0 Å². The molecule has 98 valence electrons. The van der Waals surface area contributed by atoms with Crippen molar-refractivity contribution >= 4 is 17.3 Å². The zero-order chi connectivity index (χ0) is 13.2. The molecule has 0 spiro atoms. The van der Waals surface area contributed by atoms with E-state index in [1.54, 1.807) is 11.3 Å². The molecule has 0 fully saturated rings. The average molecular weight is 271 g/mol. The lowest BCUT2D eigenvalue weighted by atomic mass is 10.1. The van der Waals surface area contributed by atoms with E-state index in [-0.39, 0.29) is 6.04 Å². The summed E-state index contributed by atoms with van der Waals surface area (Å²) in [4.78, 5) is 7.93. The van der Waals surface area contributed by atoms with Crippen molar-refractivity contribution in [1.82, 2.24) is 4.90 Å². The molecule has 2 aromatic rings. The summed E-state index contributed by atoms with van der Waals surface area (Å²) in [6.45, 7) is 3.71. The second kappa shape index (κ2) is 5.05. The van der Waals surface area contributed by atoms with Gasteiger partial charge in [-0.2, -0.15) is 0 Å². The van der Waals surface area contributed by atoms with E-state index in [4.69, 9.17) is 5.73 Å². The van der Waals surface area contributed by atoms with Crippen LogP contribution in [0.25, 0.3) is 0 Å². The van der Waals surface area contributed by atoms with Gasteiger partial charge in [-0.05, 0) is 29.5 Å². The molecule has 1 aromatic heterocycles. The Hall–Kier alpha value is -1.81. The lowest BCUT2D eigenvalue weighted by Gasteiger charge is -2.25. The number of benzene rings is 1. The van der Waals surface area contributed by atoms with Gasteiger partial charge in [0, 0.05) is 11.4 Å². The molecule has 0 amide bonds. The maximum absolute atomic E-state index is 6.04. The number of rotatable bonds is 3. The van der Waals surface area contributed by atoms with Gasteiger partial charge in [-0.25, -0.2) is 0 Å². The highest BCUT2D eigenvalue weighted by Gasteiger charge is 2.27. The molecule has 1 aromatic carbocycles. The molecule has 1 aliphatic rings. The summed E-state index contributed by atoms with van der Waals surface area (Å²) in [5.41, 5.74) is 8.63. The Morgan fingerprint density at radius 2 is 2.16 bits per heavy atom. The molecule has 1 aliphatic heterocycles. The van der Waals surface area contributed by atoms with Crippen LogP contribution in [0.5, 0.6) is 0 Å². The fourth-order valence-corrected chi connectivity index (χ4v) is 3.18.